The Labute approximate surface area is 278 Å². The van der Waals surface area contributed by atoms with Crippen LogP contribution in [0.1, 0.15) is 35.3 Å². The molecule has 1 aromatic carbocycles. The van der Waals surface area contributed by atoms with E-state index in [-0.39, 0.29) is 11.9 Å². The molecule has 4 aromatic rings. The summed E-state index contributed by atoms with van der Waals surface area (Å²) in [7, 11) is 0. The number of H-pyrrole nitrogens is 1. The first-order chi connectivity index (χ1) is 23.5. The molecule has 48 heavy (non-hydrogen) atoms. The number of aromatic nitrogens is 4. The molecule has 0 bridgehead atoms. The summed E-state index contributed by atoms with van der Waals surface area (Å²) >= 11 is 0. The van der Waals surface area contributed by atoms with Gasteiger partial charge in [0.25, 0.3) is 11.8 Å². The lowest BCUT2D eigenvalue weighted by atomic mass is 10.0. The van der Waals surface area contributed by atoms with Crippen molar-refractivity contribution in [3.05, 3.63) is 78.1 Å². The van der Waals surface area contributed by atoms with Gasteiger partial charge in [0, 0.05) is 56.3 Å². The highest BCUT2D eigenvalue weighted by atomic mass is 19.1. The largest absolute Gasteiger partial charge is 0.378 e. The molecular formula is C35H40FN9O3. The van der Waals surface area contributed by atoms with Crippen LogP contribution in [0.4, 0.5) is 15.9 Å². The third kappa shape index (κ3) is 7.53. The van der Waals surface area contributed by atoms with Crippen molar-refractivity contribution in [2.75, 3.05) is 69.2 Å². The van der Waals surface area contributed by atoms with Crippen molar-refractivity contribution < 1.29 is 18.7 Å². The van der Waals surface area contributed by atoms with Gasteiger partial charge in [-0.15, -0.1) is 0 Å². The van der Waals surface area contributed by atoms with Gasteiger partial charge in [-0.25, -0.2) is 14.4 Å². The summed E-state index contributed by atoms with van der Waals surface area (Å²) in [6, 6.07) is 13.2. The number of morpholine rings is 1. The van der Waals surface area contributed by atoms with Crippen LogP contribution in [0.15, 0.2) is 66.9 Å². The number of pyridine rings is 1. The van der Waals surface area contributed by atoms with Crippen LogP contribution in [0.5, 0.6) is 0 Å². The number of hydrogen-bond acceptors (Lipinski definition) is 9. The van der Waals surface area contributed by atoms with Crippen molar-refractivity contribution >= 4 is 34.4 Å². The van der Waals surface area contributed by atoms with Gasteiger partial charge in [0.15, 0.2) is 5.83 Å². The predicted octanol–water partition coefficient (Wildman–Crippen LogP) is 3.75. The van der Waals surface area contributed by atoms with Crippen LogP contribution < -0.4 is 15.5 Å². The second-order valence-electron chi connectivity index (χ2n) is 12.6. The Kier molecular flexibility index (Phi) is 9.68. The Morgan fingerprint density at radius 3 is 2.58 bits per heavy atom. The molecule has 3 aliphatic heterocycles. The molecule has 250 valence electrons. The van der Waals surface area contributed by atoms with Crippen molar-refractivity contribution in [2.45, 2.75) is 31.8 Å². The van der Waals surface area contributed by atoms with Crippen LogP contribution in [0.25, 0.3) is 22.3 Å². The number of benzene rings is 1. The van der Waals surface area contributed by atoms with Crippen LogP contribution in [-0.2, 0) is 16.1 Å². The minimum Gasteiger partial charge on any atom is -0.378 e. The van der Waals surface area contributed by atoms with Gasteiger partial charge in [0.2, 0.25) is 0 Å². The fraction of sp³-hybridized carbons (Fsp3) is 0.400. The highest BCUT2D eigenvalue weighted by molar-refractivity contribution is 6.03. The average Bonchev–Trinajstić information content (AvgIpc) is 3.53. The number of aromatic amines is 1. The topological polar surface area (TPSA) is 132 Å². The van der Waals surface area contributed by atoms with Crippen molar-refractivity contribution in [1.29, 1.82) is 0 Å². The lowest BCUT2D eigenvalue weighted by molar-refractivity contribution is -0.120. The molecule has 2 amide bonds. The standard InChI is InChI=1S/C35H40FN9O3/c36-29(9-14-43-12-2-13-43)34(46)41-27-3-1-11-44(22-27)21-24-8-10-37-31(19-24)35(47)40-26-6-4-25(5-7-26)30-20-28-32(42-30)38-23-39-33(28)45-15-17-48-18-16-45/h4-10,19-20,23,27H,1-3,11-18,21-22H2,(H,40,47)(H,41,46)(H,38,39,42)/b29-9-/t27-/m1/s1. The van der Waals surface area contributed by atoms with E-state index >= 15 is 0 Å². The maximum Gasteiger partial charge on any atom is 0.279 e. The summed E-state index contributed by atoms with van der Waals surface area (Å²) in [5, 5.41) is 6.77. The summed E-state index contributed by atoms with van der Waals surface area (Å²) < 4.78 is 19.8. The van der Waals surface area contributed by atoms with E-state index in [9.17, 15) is 14.0 Å². The second-order valence-corrected chi connectivity index (χ2v) is 12.6. The Morgan fingerprint density at radius 2 is 1.79 bits per heavy atom. The highest BCUT2D eigenvalue weighted by Gasteiger charge is 2.24. The molecule has 3 fully saturated rings. The summed E-state index contributed by atoms with van der Waals surface area (Å²) in [4.78, 5) is 48.8. The molecule has 0 unspecified atom stereocenters. The molecule has 3 aromatic heterocycles. The fourth-order valence-corrected chi connectivity index (χ4v) is 6.43. The smallest absolute Gasteiger partial charge is 0.279 e. The average molecular weight is 654 g/mol. The number of anilines is 2. The van der Waals surface area contributed by atoms with Gasteiger partial charge in [-0.05, 0) is 86.4 Å². The summed E-state index contributed by atoms with van der Waals surface area (Å²) in [5.74, 6) is -0.770. The van der Waals surface area contributed by atoms with E-state index in [0.717, 1.165) is 85.7 Å². The maximum atomic E-state index is 14.4. The number of fused-ring (bicyclic) bond motifs is 1. The molecule has 13 heteroatoms. The van der Waals surface area contributed by atoms with E-state index in [2.05, 4.69) is 51.3 Å². The van der Waals surface area contributed by atoms with Crippen molar-refractivity contribution in [2.24, 2.45) is 0 Å². The van der Waals surface area contributed by atoms with Crippen molar-refractivity contribution in [3.8, 4) is 11.3 Å². The Balaban J connectivity index is 0.942. The molecule has 0 radical (unpaired) electrons. The number of nitrogens with zero attached hydrogens (tertiary/aromatic N) is 6. The highest BCUT2D eigenvalue weighted by Crippen LogP contribution is 2.30. The zero-order chi connectivity index (χ0) is 32.9. The lowest BCUT2D eigenvalue weighted by Gasteiger charge is -2.33. The van der Waals surface area contributed by atoms with E-state index < -0.39 is 11.7 Å². The molecule has 3 aliphatic rings. The van der Waals surface area contributed by atoms with E-state index in [1.54, 1.807) is 18.6 Å². The number of ether oxygens (including phenoxy) is 1. The van der Waals surface area contributed by atoms with E-state index in [1.807, 2.05) is 30.3 Å². The second kappa shape index (κ2) is 14.6. The Hall–Kier alpha value is -4.72. The molecule has 0 aliphatic carbocycles. The molecular weight excluding hydrogens is 613 g/mol. The normalized spacial score (nSPS) is 19.2. The van der Waals surface area contributed by atoms with Crippen molar-refractivity contribution in [3.63, 3.8) is 0 Å². The van der Waals surface area contributed by atoms with Crippen LogP contribution in [0.3, 0.4) is 0 Å². The molecule has 3 saturated heterocycles. The molecule has 12 nitrogen and oxygen atoms in total. The quantitative estimate of drug-likeness (QED) is 0.219. The van der Waals surface area contributed by atoms with Gasteiger partial charge >= 0.3 is 0 Å². The minimum atomic E-state index is -0.718. The monoisotopic (exact) mass is 653 g/mol. The van der Waals surface area contributed by atoms with Crippen LogP contribution in [-0.4, -0.2) is 107 Å². The molecule has 0 spiro atoms. The fourth-order valence-electron chi connectivity index (χ4n) is 6.43. The van der Waals surface area contributed by atoms with Crippen LogP contribution in [0.2, 0.25) is 0 Å². The predicted molar refractivity (Wildman–Crippen MR) is 181 cm³/mol. The van der Waals surface area contributed by atoms with Gasteiger partial charge in [0.1, 0.15) is 23.5 Å². The Morgan fingerprint density at radius 1 is 0.979 bits per heavy atom. The summed E-state index contributed by atoms with van der Waals surface area (Å²) in [6.07, 6.45) is 7.40. The lowest BCUT2D eigenvalue weighted by Crippen LogP contribution is -2.47. The number of rotatable bonds is 10. The number of carbonyl (C=O) groups is 2. The summed E-state index contributed by atoms with van der Waals surface area (Å²) in [6.45, 7) is 7.37. The minimum absolute atomic E-state index is 0.133. The van der Waals surface area contributed by atoms with Crippen LogP contribution in [0, 0.1) is 0 Å². The van der Waals surface area contributed by atoms with Gasteiger partial charge < -0.3 is 25.3 Å². The molecule has 7 rings (SSSR count). The van der Waals surface area contributed by atoms with Crippen LogP contribution >= 0.6 is 0 Å². The molecule has 6 heterocycles. The molecule has 0 saturated carbocycles. The SMILES string of the molecule is O=C(N[C@@H]1CCCN(Cc2ccnc(C(=O)Nc3ccc(-c4cc5c(N6CCOCC6)ncnc5[nH]4)cc3)c2)C1)/C(F)=C/CN1CCC1. The summed E-state index contributed by atoms with van der Waals surface area (Å²) in [5.41, 5.74) is 4.56. The number of likely N-dealkylation sites (tertiary alicyclic amines) is 2. The van der Waals surface area contributed by atoms with Crippen molar-refractivity contribution in [1.82, 2.24) is 35.1 Å². The number of nitrogens with one attached hydrogen (secondary N) is 3. The zero-order valence-electron chi connectivity index (χ0n) is 26.8. The number of halogens is 1. The van der Waals surface area contributed by atoms with E-state index in [4.69, 9.17) is 4.74 Å². The third-order valence-corrected chi connectivity index (χ3v) is 9.17. The maximum absolute atomic E-state index is 14.4. The van der Waals surface area contributed by atoms with Gasteiger partial charge in [-0.2, -0.15) is 0 Å². The van der Waals surface area contributed by atoms with E-state index in [0.29, 0.717) is 44.2 Å². The van der Waals surface area contributed by atoms with E-state index in [1.165, 1.54) is 6.08 Å². The number of hydrogen-bond donors (Lipinski definition) is 3. The first-order valence-corrected chi connectivity index (χ1v) is 16.6. The van der Waals surface area contributed by atoms with Gasteiger partial charge in [0.05, 0.1) is 18.6 Å². The number of amides is 2. The third-order valence-electron chi connectivity index (χ3n) is 9.17. The zero-order valence-corrected chi connectivity index (χ0v) is 26.8. The number of carbonyl (C=O) groups excluding carboxylic acids is 2. The van der Waals surface area contributed by atoms with Gasteiger partial charge in [-0.1, -0.05) is 12.1 Å². The first kappa shape index (κ1) is 31.9. The first-order valence-electron chi connectivity index (χ1n) is 16.6. The number of piperidine rings is 1. The molecule has 3 N–H and O–H groups in total. The molecule has 1 atom stereocenters. The Bertz CT molecular complexity index is 1780. The van der Waals surface area contributed by atoms with Gasteiger partial charge in [-0.3, -0.25) is 24.4 Å².